The number of carbonyl (C=O) groups excluding carboxylic acids is 1. The lowest BCUT2D eigenvalue weighted by atomic mass is 10.1. The summed E-state index contributed by atoms with van der Waals surface area (Å²) >= 11 is 0. The summed E-state index contributed by atoms with van der Waals surface area (Å²) in [7, 11) is 1.90. The van der Waals surface area contributed by atoms with Crippen LogP contribution in [0.2, 0.25) is 0 Å². The van der Waals surface area contributed by atoms with Gasteiger partial charge < -0.3 is 10.1 Å². The number of aryl methyl sites for hydroxylation is 1. The third-order valence-corrected chi connectivity index (χ3v) is 2.41. The summed E-state index contributed by atoms with van der Waals surface area (Å²) in [6.07, 6.45) is 3.49. The Morgan fingerprint density at radius 3 is 2.78 bits per heavy atom. The number of ether oxygens (including phenoxy) is 1. The summed E-state index contributed by atoms with van der Waals surface area (Å²) in [4.78, 5) is 10.9. The zero-order chi connectivity index (χ0) is 13.5. The zero-order valence-electron chi connectivity index (χ0n) is 11.5. The van der Waals surface area contributed by atoms with Crippen LogP contribution in [0.3, 0.4) is 0 Å². The zero-order valence-corrected chi connectivity index (χ0v) is 11.5. The quantitative estimate of drug-likeness (QED) is 0.785. The Balaban J connectivity index is 2.83. The average Bonchev–Trinajstić information content (AvgIpc) is 2.25. The molecule has 3 heteroatoms. The SMILES string of the molecule is CNCC(C)Oc1cc(C)cc(/C=C/C(C)=O)c1. The Labute approximate surface area is 109 Å². The fourth-order valence-electron chi connectivity index (χ4n) is 1.72. The molecule has 1 N–H and O–H groups in total. The standard InChI is InChI=1S/C15H21NO2/c1-11-7-14(6-5-12(2)17)9-15(8-11)18-13(3)10-16-4/h5-9,13,16H,10H2,1-4H3/b6-5+. The number of likely N-dealkylation sites (N-methyl/N-ethyl adjacent to an activating group) is 1. The molecular weight excluding hydrogens is 226 g/mol. The Bertz CT molecular complexity index is 438. The maximum Gasteiger partial charge on any atom is 0.152 e. The van der Waals surface area contributed by atoms with Gasteiger partial charge in [-0.05, 0) is 57.2 Å². The van der Waals surface area contributed by atoms with E-state index in [4.69, 9.17) is 4.74 Å². The van der Waals surface area contributed by atoms with Crippen LogP contribution in [0.25, 0.3) is 6.08 Å². The first kappa shape index (κ1) is 14.5. The van der Waals surface area contributed by atoms with Gasteiger partial charge in [0, 0.05) is 6.54 Å². The van der Waals surface area contributed by atoms with Crippen molar-refractivity contribution in [1.29, 1.82) is 0 Å². The third kappa shape index (κ3) is 5.15. The van der Waals surface area contributed by atoms with Gasteiger partial charge in [0.05, 0.1) is 0 Å². The molecule has 0 fully saturated rings. The normalized spacial score (nSPS) is 12.7. The molecule has 1 aromatic carbocycles. The minimum atomic E-state index is 0.0440. The molecule has 0 saturated heterocycles. The molecule has 0 bridgehead atoms. The van der Waals surface area contributed by atoms with E-state index >= 15 is 0 Å². The van der Waals surface area contributed by atoms with E-state index < -0.39 is 0 Å². The van der Waals surface area contributed by atoms with Gasteiger partial charge in [-0.1, -0.05) is 12.1 Å². The molecule has 3 nitrogen and oxygen atoms in total. The van der Waals surface area contributed by atoms with Crippen molar-refractivity contribution in [3.05, 3.63) is 35.4 Å². The fraction of sp³-hybridized carbons (Fsp3) is 0.400. The second kappa shape index (κ2) is 6.97. The van der Waals surface area contributed by atoms with Crippen molar-refractivity contribution in [2.24, 2.45) is 0 Å². The number of carbonyl (C=O) groups is 1. The maximum absolute atomic E-state index is 10.9. The van der Waals surface area contributed by atoms with Crippen molar-refractivity contribution in [3.8, 4) is 5.75 Å². The Morgan fingerprint density at radius 2 is 2.17 bits per heavy atom. The predicted molar refractivity (Wildman–Crippen MR) is 74.9 cm³/mol. The summed E-state index contributed by atoms with van der Waals surface area (Å²) in [5.74, 6) is 0.878. The first-order valence-corrected chi connectivity index (χ1v) is 6.13. The lowest BCUT2D eigenvalue weighted by Gasteiger charge is -2.15. The smallest absolute Gasteiger partial charge is 0.152 e. The van der Waals surface area contributed by atoms with Crippen LogP contribution in [0.5, 0.6) is 5.75 Å². The van der Waals surface area contributed by atoms with Gasteiger partial charge in [-0.15, -0.1) is 0 Å². The van der Waals surface area contributed by atoms with Gasteiger partial charge in [-0.2, -0.15) is 0 Å². The number of hydrogen-bond donors (Lipinski definition) is 1. The van der Waals surface area contributed by atoms with Gasteiger partial charge in [0.15, 0.2) is 5.78 Å². The molecule has 0 saturated carbocycles. The van der Waals surface area contributed by atoms with E-state index in [9.17, 15) is 4.79 Å². The fourth-order valence-corrected chi connectivity index (χ4v) is 1.72. The molecule has 98 valence electrons. The summed E-state index contributed by atoms with van der Waals surface area (Å²) in [5, 5.41) is 3.07. The number of hydrogen-bond acceptors (Lipinski definition) is 3. The largest absolute Gasteiger partial charge is 0.489 e. The Morgan fingerprint density at radius 1 is 1.44 bits per heavy atom. The number of allylic oxidation sites excluding steroid dienone is 1. The molecule has 0 amide bonds. The van der Waals surface area contributed by atoms with E-state index in [0.29, 0.717) is 0 Å². The van der Waals surface area contributed by atoms with E-state index in [2.05, 4.69) is 5.32 Å². The van der Waals surface area contributed by atoms with Crippen molar-refractivity contribution in [3.63, 3.8) is 0 Å². The summed E-state index contributed by atoms with van der Waals surface area (Å²) in [5.41, 5.74) is 2.10. The van der Waals surface area contributed by atoms with Crippen molar-refractivity contribution in [2.45, 2.75) is 26.9 Å². The van der Waals surface area contributed by atoms with Crippen molar-refractivity contribution >= 4 is 11.9 Å². The molecule has 0 aromatic heterocycles. The number of nitrogens with one attached hydrogen (secondary N) is 1. The molecule has 0 spiro atoms. The van der Waals surface area contributed by atoms with E-state index in [1.54, 1.807) is 13.0 Å². The van der Waals surface area contributed by atoms with Crippen LogP contribution in [0, 0.1) is 6.92 Å². The van der Waals surface area contributed by atoms with Crippen LogP contribution in [-0.2, 0) is 4.79 Å². The minimum absolute atomic E-state index is 0.0440. The van der Waals surface area contributed by atoms with Gasteiger partial charge in [0.1, 0.15) is 11.9 Å². The van der Waals surface area contributed by atoms with Crippen LogP contribution >= 0.6 is 0 Å². The summed E-state index contributed by atoms with van der Waals surface area (Å²) < 4.78 is 5.80. The lowest BCUT2D eigenvalue weighted by Crippen LogP contribution is -2.26. The summed E-state index contributed by atoms with van der Waals surface area (Å²) in [6, 6.07) is 5.96. The number of ketones is 1. The number of rotatable bonds is 6. The van der Waals surface area contributed by atoms with Crippen molar-refractivity contribution < 1.29 is 9.53 Å². The van der Waals surface area contributed by atoms with E-state index in [0.717, 1.165) is 23.4 Å². The Kier molecular flexibility index (Phi) is 5.59. The molecule has 1 rings (SSSR count). The van der Waals surface area contributed by atoms with Gasteiger partial charge in [0.2, 0.25) is 0 Å². The second-order valence-electron chi connectivity index (χ2n) is 4.51. The average molecular weight is 247 g/mol. The first-order chi connectivity index (χ1) is 8.51. The molecule has 0 aliphatic rings. The van der Waals surface area contributed by atoms with Gasteiger partial charge in [0.25, 0.3) is 0 Å². The lowest BCUT2D eigenvalue weighted by molar-refractivity contribution is -0.112. The number of benzene rings is 1. The molecule has 0 radical (unpaired) electrons. The van der Waals surface area contributed by atoms with Crippen LogP contribution in [0.15, 0.2) is 24.3 Å². The van der Waals surface area contributed by atoms with Crippen molar-refractivity contribution in [1.82, 2.24) is 5.32 Å². The van der Waals surface area contributed by atoms with Crippen LogP contribution in [0.4, 0.5) is 0 Å². The highest BCUT2D eigenvalue weighted by atomic mass is 16.5. The maximum atomic E-state index is 10.9. The molecule has 1 aromatic rings. The van der Waals surface area contributed by atoms with E-state index in [1.807, 2.05) is 45.2 Å². The molecule has 1 atom stereocenters. The van der Waals surface area contributed by atoms with Crippen LogP contribution < -0.4 is 10.1 Å². The topological polar surface area (TPSA) is 38.3 Å². The molecule has 0 aliphatic heterocycles. The van der Waals surface area contributed by atoms with Gasteiger partial charge >= 0.3 is 0 Å². The summed E-state index contributed by atoms with van der Waals surface area (Å²) in [6.45, 7) is 6.37. The monoisotopic (exact) mass is 247 g/mol. The Hall–Kier alpha value is -1.61. The first-order valence-electron chi connectivity index (χ1n) is 6.13. The van der Waals surface area contributed by atoms with Crippen LogP contribution in [0.1, 0.15) is 25.0 Å². The van der Waals surface area contributed by atoms with Gasteiger partial charge in [-0.25, -0.2) is 0 Å². The van der Waals surface area contributed by atoms with Gasteiger partial charge in [-0.3, -0.25) is 4.79 Å². The van der Waals surface area contributed by atoms with Crippen molar-refractivity contribution in [2.75, 3.05) is 13.6 Å². The molecule has 0 aliphatic carbocycles. The van der Waals surface area contributed by atoms with E-state index in [-0.39, 0.29) is 11.9 Å². The molecule has 1 unspecified atom stereocenters. The third-order valence-electron chi connectivity index (χ3n) is 2.41. The molecule has 0 heterocycles. The second-order valence-corrected chi connectivity index (χ2v) is 4.51. The molecule has 18 heavy (non-hydrogen) atoms. The highest BCUT2D eigenvalue weighted by Gasteiger charge is 2.04. The highest BCUT2D eigenvalue weighted by molar-refractivity contribution is 5.91. The highest BCUT2D eigenvalue weighted by Crippen LogP contribution is 2.19. The minimum Gasteiger partial charge on any atom is -0.489 e. The van der Waals surface area contributed by atoms with E-state index in [1.165, 1.54) is 0 Å². The predicted octanol–water partition coefficient (Wildman–Crippen LogP) is 2.58. The molecular formula is C15H21NO2. The van der Waals surface area contributed by atoms with Crippen LogP contribution in [-0.4, -0.2) is 25.5 Å².